The summed E-state index contributed by atoms with van der Waals surface area (Å²) >= 11 is 0. The van der Waals surface area contributed by atoms with Crippen molar-refractivity contribution in [2.45, 2.75) is 13.8 Å². The fraction of sp³-hybridized carbons (Fsp3) is 0.182. The van der Waals surface area contributed by atoms with Crippen molar-refractivity contribution in [1.82, 2.24) is 9.55 Å². The topological polar surface area (TPSA) is 64.0 Å². The molecule has 0 fully saturated rings. The van der Waals surface area contributed by atoms with E-state index in [-0.39, 0.29) is 11.8 Å². The number of hydrogen-bond donors (Lipinski definition) is 1. The SMILES string of the molecule is CC(=O)Nc1ccc2ccn(C(C)=O)c2n1. The van der Waals surface area contributed by atoms with Gasteiger partial charge in [0.2, 0.25) is 11.8 Å². The fourth-order valence-corrected chi connectivity index (χ4v) is 1.51. The smallest absolute Gasteiger partial charge is 0.229 e. The maximum atomic E-state index is 11.3. The van der Waals surface area contributed by atoms with E-state index in [1.54, 1.807) is 18.3 Å². The van der Waals surface area contributed by atoms with Gasteiger partial charge in [-0.25, -0.2) is 4.98 Å². The summed E-state index contributed by atoms with van der Waals surface area (Å²) in [6.07, 6.45) is 1.66. The molecule has 0 radical (unpaired) electrons. The normalized spacial score (nSPS) is 10.4. The minimum absolute atomic E-state index is 0.109. The zero-order valence-electron chi connectivity index (χ0n) is 9.02. The quantitative estimate of drug-likeness (QED) is 0.790. The van der Waals surface area contributed by atoms with E-state index in [0.29, 0.717) is 11.5 Å². The van der Waals surface area contributed by atoms with E-state index < -0.39 is 0 Å². The number of aromatic nitrogens is 2. The van der Waals surface area contributed by atoms with Gasteiger partial charge in [0.25, 0.3) is 0 Å². The molecule has 0 aliphatic carbocycles. The molecular formula is C11H11N3O2. The molecule has 1 amide bonds. The van der Waals surface area contributed by atoms with E-state index in [1.807, 2.05) is 6.07 Å². The Labute approximate surface area is 92.1 Å². The molecule has 5 heteroatoms. The second-order valence-electron chi connectivity index (χ2n) is 3.50. The molecule has 16 heavy (non-hydrogen) atoms. The van der Waals surface area contributed by atoms with Gasteiger partial charge < -0.3 is 5.32 Å². The number of carbonyl (C=O) groups is 2. The lowest BCUT2D eigenvalue weighted by Crippen LogP contribution is -2.09. The lowest BCUT2D eigenvalue weighted by atomic mass is 10.3. The Morgan fingerprint density at radius 1 is 1.25 bits per heavy atom. The van der Waals surface area contributed by atoms with Gasteiger partial charge in [-0.2, -0.15) is 0 Å². The molecule has 0 saturated carbocycles. The number of nitrogens with zero attached hydrogens (tertiary/aromatic N) is 2. The van der Waals surface area contributed by atoms with Gasteiger partial charge in [0.15, 0.2) is 0 Å². The predicted molar refractivity (Wildman–Crippen MR) is 60.3 cm³/mol. The minimum atomic E-state index is -0.187. The molecule has 2 aromatic heterocycles. The number of fused-ring (bicyclic) bond motifs is 1. The van der Waals surface area contributed by atoms with Crippen molar-refractivity contribution in [2.24, 2.45) is 0 Å². The Hall–Kier alpha value is -2.17. The van der Waals surface area contributed by atoms with Crippen LogP contribution in [0.3, 0.4) is 0 Å². The van der Waals surface area contributed by atoms with Crippen LogP contribution >= 0.6 is 0 Å². The number of nitrogens with one attached hydrogen (secondary N) is 1. The summed E-state index contributed by atoms with van der Waals surface area (Å²) in [5, 5.41) is 3.44. The number of carbonyl (C=O) groups excluding carboxylic acids is 2. The number of pyridine rings is 1. The van der Waals surface area contributed by atoms with Crippen molar-refractivity contribution >= 4 is 28.7 Å². The molecule has 0 bridgehead atoms. The van der Waals surface area contributed by atoms with Crippen LogP contribution < -0.4 is 5.32 Å². The molecule has 0 aromatic carbocycles. The Morgan fingerprint density at radius 3 is 2.62 bits per heavy atom. The van der Waals surface area contributed by atoms with Crippen molar-refractivity contribution in [2.75, 3.05) is 5.32 Å². The van der Waals surface area contributed by atoms with E-state index in [1.165, 1.54) is 18.4 Å². The number of rotatable bonds is 1. The number of hydrogen-bond acceptors (Lipinski definition) is 3. The summed E-state index contributed by atoms with van der Waals surface area (Å²) in [4.78, 5) is 26.4. The van der Waals surface area contributed by atoms with E-state index >= 15 is 0 Å². The van der Waals surface area contributed by atoms with Gasteiger partial charge in [0.05, 0.1) is 0 Å². The van der Waals surface area contributed by atoms with Gasteiger partial charge in [-0.15, -0.1) is 0 Å². The molecule has 0 unspecified atom stereocenters. The van der Waals surface area contributed by atoms with Gasteiger partial charge in [-0.1, -0.05) is 0 Å². The maximum Gasteiger partial charge on any atom is 0.229 e. The van der Waals surface area contributed by atoms with Crippen LogP contribution in [0, 0.1) is 0 Å². The molecule has 5 nitrogen and oxygen atoms in total. The lowest BCUT2D eigenvalue weighted by molar-refractivity contribution is -0.114. The molecular weight excluding hydrogens is 206 g/mol. The molecule has 0 saturated heterocycles. The predicted octanol–water partition coefficient (Wildman–Crippen LogP) is 1.65. The zero-order chi connectivity index (χ0) is 11.7. The van der Waals surface area contributed by atoms with Crippen LogP contribution in [0.25, 0.3) is 11.0 Å². The van der Waals surface area contributed by atoms with Crippen molar-refractivity contribution < 1.29 is 9.59 Å². The van der Waals surface area contributed by atoms with Crippen molar-refractivity contribution in [3.05, 3.63) is 24.4 Å². The lowest BCUT2D eigenvalue weighted by Gasteiger charge is -2.02. The second kappa shape index (κ2) is 3.77. The van der Waals surface area contributed by atoms with Crippen LogP contribution in [0.5, 0.6) is 0 Å². The fourth-order valence-electron chi connectivity index (χ4n) is 1.51. The van der Waals surface area contributed by atoms with Crippen LogP contribution in [-0.2, 0) is 4.79 Å². The molecule has 0 spiro atoms. The Morgan fingerprint density at radius 2 is 2.00 bits per heavy atom. The molecule has 1 N–H and O–H groups in total. The Bertz CT molecular complexity index is 572. The van der Waals surface area contributed by atoms with Crippen LogP contribution in [-0.4, -0.2) is 21.4 Å². The van der Waals surface area contributed by atoms with Gasteiger partial charge in [0, 0.05) is 25.4 Å². The summed E-state index contributed by atoms with van der Waals surface area (Å²) in [5.41, 5.74) is 0.554. The Kier molecular flexibility index (Phi) is 2.44. The third kappa shape index (κ3) is 1.79. The first-order chi connectivity index (χ1) is 7.58. The van der Waals surface area contributed by atoms with Gasteiger partial charge in [-0.3, -0.25) is 14.2 Å². The minimum Gasteiger partial charge on any atom is -0.311 e. The average molecular weight is 217 g/mol. The van der Waals surface area contributed by atoms with Crippen LogP contribution in [0.1, 0.15) is 18.6 Å². The molecule has 0 aliphatic heterocycles. The zero-order valence-corrected chi connectivity index (χ0v) is 9.02. The summed E-state index contributed by atoms with van der Waals surface area (Å²) < 4.78 is 1.45. The summed E-state index contributed by atoms with van der Waals surface area (Å²) in [5.74, 6) is 0.149. The van der Waals surface area contributed by atoms with Crippen LogP contribution in [0.4, 0.5) is 5.82 Å². The van der Waals surface area contributed by atoms with Crippen molar-refractivity contribution in [3.8, 4) is 0 Å². The molecule has 2 rings (SSSR count). The van der Waals surface area contributed by atoms with E-state index in [9.17, 15) is 9.59 Å². The maximum absolute atomic E-state index is 11.3. The van der Waals surface area contributed by atoms with Crippen molar-refractivity contribution in [3.63, 3.8) is 0 Å². The summed E-state index contributed by atoms with van der Waals surface area (Å²) in [7, 11) is 0. The average Bonchev–Trinajstić information content (AvgIpc) is 2.59. The first-order valence-electron chi connectivity index (χ1n) is 4.84. The highest BCUT2D eigenvalue weighted by Crippen LogP contribution is 2.16. The molecule has 0 atom stereocenters. The van der Waals surface area contributed by atoms with Crippen molar-refractivity contribution in [1.29, 1.82) is 0 Å². The van der Waals surface area contributed by atoms with E-state index in [4.69, 9.17) is 0 Å². The monoisotopic (exact) mass is 217 g/mol. The molecule has 2 aromatic rings. The largest absolute Gasteiger partial charge is 0.311 e. The van der Waals surface area contributed by atoms with Crippen LogP contribution in [0.2, 0.25) is 0 Å². The van der Waals surface area contributed by atoms with Gasteiger partial charge >= 0.3 is 0 Å². The summed E-state index contributed by atoms with van der Waals surface area (Å²) in [6.45, 7) is 2.88. The van der Waals surface area contributed by atoms with Crippen LogP contribution in [0.15, 0.2) is 24.4 Å². The third-order valence-corrected chi connectivity index (χ3v) is 2.18. The first-order valence-corrected chi connectivity index (χ1v) is 4.84. The highest BCUT2D eigenvalue weighted by molar-refractivity contribution is 5.92. The number of amides is 1. The third-order valence-electron chi connectivity index (χ3n) is 2.18. The van der Waals surface area contributed by atoms with Gasteiger partial charge in [0.1, 0.15) is 11.5 Å². The van der Waals surface area contributed by atoms with E-state index in [2.05, 4.69) is 10.3 Å². The Balaban J connectivity index is 2.54. The summed E-state index contributed by atoms with van der Waals surface area (Å²) in [6, 6.07) is 5.32. The number of anilines is 1. The first kappa shape index (κ1) is 10.4. The molecule has 0 aliphatic rings. The standard InChI is InChI=1S/C11H11N3O2/c1-7(15)12-10-4-3-9-5-6-14(8(2)16)11(9)13-10/h3-6H,1-2H3,(H,12,13,15). The highest BCUT2D eigenvalue weighted by atomic mass is 16.2. The van der Waals surface area contributed by atoms with Gasteiger partial charge in [-0.05, 0) is 18.2 Å². The second-order valence-corrected chi connectivity index (χ2v) is 3.50. The molecule has 2 heterocycles. The van der Waals surface area contributed by atoms with E-state index in [0.717, 1.165) is 5.39 Å². The molecule has 82 valence electrons. The highest BCUT2D eigenvalue weighted by Gasteiger charge is 2.07.